The van der Waals surface area contributed by atoms with Crippen molar-refractivity contribution in [2.45, 2.75) is 26.2 Å². The third-order valence-corrected chi connectivity index (χ3v) is 3.00. The average molecular weight is 271 g/mol. The monoisotopic (exact) mass is 271 g/mol. The van der Waals surface area contributed by atoms with Crippen molar-refractivity contribution in [2.24, 2.45) is 0 Å². The molecule has 0 radical (unpaired) electrons. The summed E-state index contributed by atoms with van der Waals surface area (Å²) < 4.78 is 5.32. The summed E-state index contributed by atoms with van der Waals surface area (Å²) in [6, 6.07) is 0. The van der Waals surface area contributed by atoms with Gasteiger partial charge in [0, 0.05) is 32.8 Å². The first kappa shape index (κ1) is 15.9. The minimum Gasteiger partial charge on any atom is -0.380 e. The van der Waals surface area contributed by atoms with Gasteiger partial charge in [-0.05, 0) is 19.4 Å². The second-order valence-corrected chi connectivity index (χ2v) is 4.62. The molecule has 1 saturated heterocycles. The van der Waals surface area contributed by atoms with Crippen LogP contribution in [0, 0.1) is 0 Å². The molecular formula is C13H25N3O3. The highest BCUT2D eigenvalue weighted by molar-refractivity contribution is 6.35. The highest BCUT2D eigenvalue weighted by Crippen LogP contribution is 1.96. The van der Waals surface area contributed by atoms with Crippen LogP contribution in [0.1, 0.15) is 26.2 Å². The van der Waals surface area contributed by atoms with Crippen molar-refractivity contribution < 1.29 is 14.3 Å². The number of ether oxygens (including phenoxy) is 1. The molecule has 1 heterocycles. The number of carbonyl (C=O) groups is 2. The van der Waals surface area contributed by atoms with Crippen LogP contribution in [0.2, 0.25) is 0 Å². The van der Waals surface area contributed by atoms with Gasteiger partial charge in [0.05, 0.1) is 6.61 Å². The van der Waals surface area contributed by atoms with Gasteiger partial charge in [0.15, 0.2) is 0 Å². The highest BCUT2D eigenvalue weighted by Gasteiger charge is 2.21. The van der Waals surface area contributed by atoms with Crippen molar-refractivity contribution in [3.05, 3.63) is 0 Å². The minimum absolute atomic E-state index is 0.389. The zero-order valence-electron chi connectivity index (χ0n) is 11.7. The predicted octanol–water partition coefficient (Wildman–Crippen LogP) is -0.259. The Morgan fingerprint density at radius 3 is 2.89 bits per heavy atom. The van der Waals surface area contributed by atoms with Crippen LogP contribution in [-0.4, -0.2) is 62.7 Å². The van der Waals surface area contributed by atoms with Gasteiger partial charge >= 0.3 is 11.8 Å². The largest absolute Gasteiger partial charge is 0.380 e. The van der Waals surface area contributed by atoms with E-state index < -0.39 is 11.8 Å². The van der Waals surface area contributed by atoms with Crippen molar-refractivity contribution in [1.29, 1.82) is 0 Å². The number of amides is 2. The zero-order chi connectivity index (χ0) is 13.9. The summed E-state index contributed by atoms with van der Waals surface area (Å²) in [4.78, 5) is 25.1. The van der Waals surface area contributed by atoms with Crippen molar-refractivity contribution in [1.82, 2.24) is 15.5 Å². The Labute approximate surface area is 114 Å². The molecule has 0 unspecified atom stereocenters. The molecule has 6 nitrogen and oxygen atoms in total. The van der Waals surface area contributed by atoms with Gasteiger partial charge in [-0.25, -0.2) is 0 Å². The lowest BCUT2D eigenvalue weighted by Gasteiger charge is -2.19. The number of carbonyl (C=O) groups excluding carboxylic acids is 2. The summed E-state index contributed by atoms with van der Waals surface area (Å²) in [5.74, 6) is -0.960. The smallest absolute Gasteiger partial charge is 0.311 e. The van der Waals surface area contributed by atoms with Crippen LogP contribution >= 0.6 is 0 Å². The molecule has 19 heavy (non-hydrogen) atoms. The van der Waals surface area contributed by atoms with E-state index in [-0.39, 0.29) is 0 Å². The molecule has 1 rings (SSSR count). The summed E-state index contributed by atoms with van der Waals surface area (Å²) in [6.45, 7) is 6.54. The van der Waals surface area contributed by atoms with E-state index in [0.717, 1.165) is 32.4 Å². The molecule has 0 bridgehead atoms. The molecule has 0 atom stereocenters. The molecule has 0 aliphatic carbocycles. The van der Waals surface area contributed by atoms with Crippen LogP contribution < -0.4 is 10.6 Å². The standard InChI is InChI=1S/C13H25N3O3/c1-2-3-10-19-11-7-15-12(17)13(18)16-8-4-5-14-6-9-16/h14H,2-11H2,1H3,(H,15,17). The second kappa shape index (κ2) is 9.75. The van der Waals surface area contributed by atoms with E-state index in [2.05, 4.69) is 17.6 Å². The predicted molar refractivity (Wildman–Crippen MR) is 72.8 cm³/mol. The Balaban J connectivity index is 2.15. The van der Waals surface area contributed by atoms with Gasteiger partial charge in [-0.15, -0.1) is 0 Å². The fourth-order valence-corrected chi connectivity index (χ4v) is 1.85. The first-order chi connectivity index (χ1) is 9.25. The average Bonchev–Trinajstić information content (AvgIpc) is 2.70. The SMILES string of the molecule is CCCCOCCNC(=O)C(=O)N1CCCNCC1. The lowest BCUT2D eigenvalue weighted by atomic mass is 10.3. The quantitative estimate of drug-likeness (QED) is 0.516. The molecule has 1 aliphatic rings. The number of nitrogens with one attached hydrogen (secondary N) is 2. The van der Waals surface area contributed by atoms with Crippen molar-refractivity contribution in [3.63, 3.8) is 0 Å². The van der Waals surface area contributed by atoms with Gasteiger partial charge < -0.3 is 20.3 Å². The van der Waals surface area contributed by atoms with Gasteiger partial charge in [-0.3, -0.25) is 9.59 Å². The van der Waals surface area contributed by atoms with E-state index in [1.807, 2.05) is 0 Å². The van der Waals surface area contributed by atoms with E-state index in [4.69, 9.17) is 4.74 Å². The number of hydrogen-bond donors (Lipinski definition) is 2. The summed E-state index contributed by atoms with van der Waals surface area (Å²) >= 11 is 0. The maximum absolute atomic E-state index is 11.9. The molecule has 1 aliphatic heterocycles. The van der Waals surface area contributed by atoms with E-state index >= 15 is 0 Å². The summed E-state index contributed by atoms with van der Waals surface area (Å²) in [5, 5.41) is 5.80. The molecular weight excluding hydrogens is 246 g/mol. The molecule has 0 spiro atoms. The molecule has 1 fully saturated rings. The summed E-state index contributed by atoms with van der Waals surface area (Å²) in [5.41, 5.74) is 0. The Morgan fingerprint density at radius 1 is 1.26 bits per heavy atom. The lowest BCUT2D eigenvalue weighted by molar-refractivity contribution is -0.145. The molecule has 0 aromatic carbocycles. The number of nitrogens with zero attached hydrogens (tertiary/aromatic N) is 1. The van der Waals surface area contributed by atoms with Gasteiger partial charge in [-0.1, -0.05) is 13.3 Å². The second-order valence-electron chi connectivity index (χ2n) is 4.62. The van der Waals surface area contributed by atoms with Crippen molar-refractivity contribution in [3.8, 4) is 0 Å². The first-order valence-corrected chi connectivity index (χ1v) is 7.11. The van der Waals surface area contributed by atoms with Crippen molar-refractivity contribution in [2.75, 3.05) is 45.9 Å². The Morgan fingerprint density at radius 2 is 2.11 bits per heavy atom. The highest BCUT2D eigenvalue weighted by atomic mass is 16.5. The molecule has 2 amide bonds. The van der Waals surface area contributed by atoms with Gasteiger partial charge in [0.2, 0.25) is 0 Å². The summed E-state index contributed by atoms with van der Waals surface area (Å²) in [7, 11) is 0. The third-order valence-electron chi connectivity index (χ3n) is 3.00. The maximum Gasteiger partial charge on any atom is 0.311 e. The Bertz CT molecular complexity index is 276. The van der Waals surface area contributed by atoms with Crippen LogP contribution in [-0.2, 0) is 14.3 Å². The number of rotatable bonds is 6. The molecule has 6 heteroatoms. The van der Waals surface area contributed by atoms with Crippen LogP contribution in [0.5, 0.6) is 0 Å². The molecule has 2 N–H and O–H groups in total. The molecule has 110 valence electrons. The maximum atomic E-state index is 11.9. The van der Waals surface area contributed by atoms with Crippen LogP contribution in [0.4, 0.5) is 0 Å². The van der Waals surface area contributed by atoms with Crippen LogP contribution in [0.25, 0.3) is 0 Å². The number of hydrogen-bond acceptors (Lipinski definition) is 4. The van der Waals surface area contributed by atoms with Gasteiger partial charge in [0.25, 0.3) is 0 Å². The van der Waals surface area contributed by atoms with Crippen LogP contribution in [0.15, 0.2) is 0 Å². The van der Waals surface area contributed by atoms with E-state index in [0.29, 0.717) is 32.8 Å². The number of unbranched alkanes of at least 4 members (excludes halogenated alkanes) is 1. The van der Waals surface area contributed by atoms with Crippen LogP contribution in [0.3, 0.4) is 0 Å². The third kappa shape index (κ3) is 6.54. The fraction of sp³-hybridized carbons (Fsp3) is 0.846. The molecule has 0 aromatic rings. The normalized spacial score (nSPS) is 15.9. The topological polar surface area (TPSA) is 70.7 Å². The molecule has 0 aromatic heterocycles. The Hall–Kier alpha value is -1.14. The molecule has 0 saturated carbocycles. The van der Waals surface area contributed by atoms with Crippen molar-refractivity contribution >= 4 is 11.8 Å². The summed E-state index contributed by atoms with van der Waals surface area (Å²) in [6.07, 6.45) is 3.00. The Kier molecular flexibility index (Phi) is 8.16. The van der Waals surface area contributed by atoms with E-state index in [9.17, 15) is 9.59 Å². The van der Waals surface area contributed by atoms with E-state index in [1.54, 1.807) is 4.90 Å². The van der Waals surface area contributed by atoms with Gasteiger partial charge in [-0.2, -0.15) is 0 Å². The van der Waals surface area contributed by atoms with Gasteiger partial charge in [0.1, 0.15) is 0 Å². The minimum atomic E-state index is -0.527. The first-order valence-electron chi connectivity index (χ1n) is 7.11. The van der Waals surface area contributed by atoms with E-state index in [1.165, 1.54) is 0 Å². The lowest BCUT2D eigenvalue weighted by Crippen LogP contribution is -2.45. The fourth-order valence-electron chi connectivity index (χ4n) is 1.85. The zero-order valence-corrected chi connectivity index (χ0v) is 11.7.